The number of hydrogen-bond acceptors (Lipinski definition) is 4. The van der Waals surface area contributed by atoms with E-state index >= 15 is 0 Å². The highest BCUT2D eigenvalue weighted by Crippen LogP contribution is 2.40. The van der Waals surface area contributed by atoms with E-state index in [4.69, 9.17) is 5.73 Å². The van der Waals surface area contributed by atoms with Crippen LogP contribution in [0.3, 0.4) is 0 Å². The van der Waals surface area contributed by atoms with Crippen LogP contribution in [0.15, 0.2) is 18.2 Å². The van der Waals surface area contributed by atoms with Gasteiger partial charge in [0.1, 0.15) is 11.8 Å². The summed E-state index contributed by atoms with van der Waals surface area (Å²) in [6, 6.07) is -0.171. The van der Waals surface area contributed by atoms with Gasteiger partial charge in [-0.05, 0) is 24.6 Å². The zero-order chi connectivity index (χ0) is 17.1. The molecule has 0 aromatic heterocycles. The van der Waals surface area contributed by atoms with Crippen LogP contribution in [-0.2, 0) is 15.7 Å². The van der Waals surface area contributed by atoms with Gasteiger partial charge in [0, 0.05) is 0 Å². The Labute approximate surface area is 135 Å². The van der Waals surface area contributed by atoms with Crippen LogP contribution in [0.5, 0.6) is 5.75 Å². The number of benzene rings is 1. The minimum atomic E-state index is -4.94. The smallest absolute Gasteiger partial charge is 0.416 e. The van der Waals surface area contributed by atoms with Crippen LogP contribution in [0, 0.1) is 0 Å². The maximum Gasteiger partial charge on any atom is 0.416 e. The molecule has 10 heteroatoms. The Kier molecular flexibility index (Phi) is 7.24. The lowest BCUT2D eigenvalue weighted by Crippen LogP contribution is -2.42. The quantitative estimate of drug-likeness (QED) is 0.644. The van der Waals surface area contributed by atoms with Gasteiger partial charge in [-0.25, -0.2) is 4.79 Å². The average Bonchev–Trinajstić information content (AvgIpc) is 2.45. The third-order valence-electron chi connectivity index (χ3n) is 2.84. The topological polar surface area (TPSA) is 61.5 Å². The number of esters is 1. The van der Waals surface area contributed by atoms with Gasteiger partial charge in [-0.3, -0.25) is 0 Å². The summed E-state index contributed by atoms with van der Waals surface area (Å²) >= 11 is 0. The van der Waals surface area contributed by atoms with Gasteiger partial charge < -0.3 is 15.2 Å². The Hall–Kier alpha value is -1.61. The predicted molar refractivity (Wildman–Crippen MR) is 73.8 cm³/mol. The van der Waals surface area contributed by atoms with Crippen molar-refractivity contribution in [1.82, 2.24) is 0 Å². The lowest BCUT2D eigenvalue weighted by atomic mass is 9.95. The zero-order valence-corrected chi connectivity index (χ0v) is 12.9. The Bertz CT molecular complexity index is 551. The van der Waals surface area contributed by atoms with Gasteiger partial charge in [-0.1, -0.05) is 6.07 Å². The molecule has 0 aliphatic rings. The second kappa shape index (κ2) is 7.78. The molecule has 0 spiro atoms. The van der Waals surface area contributed by atoms with Gasteiger partial charge in [-0.2, -0.15) is 22.0 Å². The molecule has 0 radical (unpaired) electrons. The van der Waals surface area contributed by atoms with Gasteiger partial charge in [0.05, 0.1) is 19.3 Å². The molecule has 1 rings (SSSR count). The molecule has 0 saturated carbocycles. The van der Waals surface area contributed by atoms with Crippen LogP contribution in [0.4, 0.5) is 22.0 Å². The summed E-state index contributed by atoms with van der Waals surface area (Å²) in [5.74, 6) is -6.46. The van der Waals surface area contributed by atoms with E-state index in [1.54, 1.807) is 0 Å². The Morgan fingerprint density at radius 3 is 2.26 bits per heavy atom. The normalized spacial score (nSPS) is 13.0. The maximum absolute atomic E-state index is 13.8. The van der Waals surface area contributed by atoms with E-state index in [1.165, 1.54) is 6.92 Å². The number of methoxy groups -OCH3 is 1. The predicted octanol–water partition coefficient (Wildman–Crippen LogP) is 3.33. The molecule has 0 aliphatic heterocycles. The Balaban J connectivity index is 0.00000484. The van der Waals surface area contributed by atoms with Crippen LogP contribution in [0.25, 0.3) is 0 Å². The van der Waals surface area contributed by atoms with Crippen LogP contribution in [0.2, 0.25) is 0 Å². The van der Waals surface area contributed by atoms with Crippen LogP contribution < -0.4 is 10.5 Å². The summed E-state index contributed by atoms with van der Waals surface area (Å²) < 4.78 is 75.4. The van der Waals surface area contributed by atoms with Crippen LogP contribution in [-0.4, -0.2) is 25.6 Å². The average molecular weight is 364 g/mol. The van der Waals surface area contributed by atoms with Crippen molar-refractivity contribution < 1.29 is 36.2 Å². The minimum absolute atomic E-state index is 0. The van der Waals surface area contributed by atoms with E-state index < -0.39 is 35.2 Å². The fraction of sp³-hybridized carbons (Fsp3) is 0.462. The highest BCUT2D eigenvalue weighted by molar-refractivity contribution is 5.85. The molecule has 0 heterocycles. The van der Waals surface area contributed by atoms with Gasteiger partial charge >= 0.3 is 18.1 Å². The van der Waals surface area contributed by atoms with E-state index in [9.17, 15) is 26.7 Å². The molecule has 0 amide bonds. The van der Waals surface area contributed by atoms with Gasteiger partial charge in [-0.15, -0.1) is 12.4 Å². The summed E-state index contributed by atoms with van der Waals surface area (Å²) in [5.41, 5.74) is 2.88. The molecular weight excluding hydrogens is 349 g/mol. The van der Waals surface area contributed by atoms with Gasteiger partial charge in [0.2, 0.25) is 0 Å². The molecule has 0 bridgehead atoms. The summed E-state index contributed by atoms with van der Waals surface area (Å²) in [6.45, 7) is 0.934. The van der Waals surface area contributed by atoms with Crippen molar-refractivity contribution in [2.24, 2.45) is 5.73 Å². The van der Waals surface area contributed by atoms with E-state index in [0.717, 1.165) is 19.2 Å². The van der Waals surface area contributed by atoms with E-state index in [2.05, 4.69) is 9.47 Å². The number of nitrogens with two attached hydrogens (primary N) is 1. The first-order valence-electron chi connectivity index (χ1n) is 6.11. The number of ether oxygens (including phenoxy) is 2. The molecule has 0 saturated heterocycles. The van der Waals surface area contributed by atoms with Crippen LogP contribution in [0.1, 0.15) is 24.1 Å². The molecule has 132 valence electrons. The third kappa shape index (κ3) is 4.68. The number of hydrogen-bond donors (Lipinski definition) is 1. The van der Waals surface area contributed by atoms with Crippen molar-refractivity contribution in [1.29, 1.82) is 0 Å². The molecule has 4 nitrogen and oxygen atoms in total. The Morgan fingerprint density at radius 2 is 1.83 bits per heavy atom. The molecule has 2 N–H and O–H groups in total. The first kappa shape index (κ1) is 21.4. The second-order valence-corrected chi connectivity index (χ2v) is 4.27. The number of carbonyl (C=O) groups is 1. The second-order valence-electron chi connectivity index (χ2n) is 4.27. The fourth-order valence-electron chi connectivity index (χ4n) is 1.73. The first-order chi connectivity index (χ1) is 10.1. The van der Waals surface area contributed by atoms with Crippen molar-refractivity contribution in [3.8, 4) is 5.75 Å². The monoisotopic (exact) mass is 363 g/mol. The molecule has 0 unspecified atom stereocenters. The number of halogens is 6. The van der Waals surface area contributed by atoms with Crippen molar-refractivity contribution in [2.75, 3.05) is 13.7 Å². The number of rotatable bonds is 5. The van der Waals surface area contributed by atoms with E-state index in [0.29, 0.717) is 6.07 Å². The largest absolute Gasteiger partial charge is 0.497 e. The molecule has 1 aromatic rings. The highest BCUT2D eigenvalue weighted by Gasteiger charge is 2.50. The minimum Gasteiger partial charge on any atom is -0.497 e. The molecule has 23 heavy (non-hydrogen) atoms. The lowest BCUT2D eigenvalue weighted by Gasteiger charge is -2.24. The summed E-state index contributed by atoms with van der Waals surface area (Å²) in [6.07, 6.45) is -4.94. The number of carbonyl (C=O) groups excluding carboxylic acids is 1. The summed E-state index contributed by atoms with van der Waals surface area (Å²) in [7, 11) is 1.13. The summed E-state index contributed by atoms with van der Waals surface area (Å²) in [5, 5.41) is 0. The molecule has 1 atom stereocenters. The fourth-order valence-corrected chi connectivity index (χ4v) is 1.73. The first-order valence-corrected chi connectivity index (χ1v) is 6.11. The van der Waals surface area contributed by atoms with Crippen molar-refractivity contribution in [3.63, 3.8) is 0 Å². The SMILES string of the molecule is CCOC(=O)C(F)(F)[C@H](N)c1ccc(OC)cc1C(F)(F)F.Cl. The molecule has 1 aromatic carbocycles. The molecule has 0 aliphatic carbocycles. The van der Waals surface area contributed by atoms with Crippen molar-refractivity contribution in [2.45, 2.75) is 25.1 Å². The van der Waals surface area contributed by atoms with Crippen LogP contribution >= 0.6 is 12.4 Å². The number of alkyl halides is 5. The highest BCUT2D eigenvalue weighted by atomic mass is 35.5. The van der Waals surface area contributed by atoms with Gasteiger partial charge in [0.15, 0.2) is 0 Å². The lowest BCUT2D eigenvalue weighted by molar-refractivity contribution is -0.175. The Morgan fingerprint density at radius 1 is 1.26 bits per heavy atom. The maximum atomic E-state index is 13.8. The third-order valence-corrected chi connectivity index (χ3v) is 2.84. The van der Waals surface area contributed by atoms with E-state index in [-0.39, 0.29) is 24.8 Å². The molecular formula is C13H15ClF5NO3. The zero-order valence-electron chi connectivity index (χ0n) is 12.1. The standard InChI is InChI=1S/C13H14F5NO3.ClH/c1-3-22-11(20)12(14,15)10(19)8-5-4-7(21-2)6-9(8)13(16,17)18;/h4-6,10H,3,19H2,1-2H3;1H/t10-;/m1./s1. The van der Waals surface area contributed by atoms with Crippen molar-refractivity contribution in [3.05, 3.63) is 29.3 Å². The van der Waals surface area contributed by atoms with Gasteiger partial charge in [0.25, 0.3) is 0 Å². The molecule has 0 fully saturated rings. The van der Waals surface area contributed by atoms with E-state index in [1.807, 2.05) is 0 Å². The summed E-state index contributed by atoms with van der Waals surface area (Å²) in [4.78, 5) is 11.2. The van der Waals surface area contributed by atoms with Crippen molar-refractivity contribution >= 4 is 18.4 Å².